The largest absolute Gasteiger partial charge is 0.355 e. The maximum Gasteiger partial charge on any atom is 0.0467 e. The number of fused-ring (bicyclic) bond motifs is 3. The molecule has 1 heterocycles. The Labute approximate surface area is 121 Å². The minimum Gasteiger partial charge on any atom is -0.355 e. The minimum atomic E-state index is 0.194. The second-order valence-electron chi connectivity index (χ2n) is 5.83. The molecule has 0 aliphatic carbocycles. The third-order valence-corrected chi connectivity index (χ3v) is 4.10. The summed E-state index contributed by atoms with van der Waals surface area (Å²) in [5, 5.41) is 2.63. The molecule has 0 unspecified atom stereocenters. The van der Waals surface area contributed by atoms with Crippen LogP contribution in [0.15, 0.2) is 36.4 Å². The normalized spacial score (nSPS) is 12.4. The Morgan fingerprint density at radius 2 is 1.67 bits per heavy atom. The van der Waals surface area contributed by atoms with Gasteiger partial charge >= 0.3 is 0 Å². The molecule has 3 rings (SSSR count). The molecule has 18 heavy (non-hydrogen) atoms. The van der Waals surface area contributed by atoms with Gasteiger partial charge in [-0.05, 0) is 57.8 Å². The van der Waals surface area contributed by atoms with Gasteiger partial charge in [0.2, 0.25) is 0 Å². The number of H-pyrrole nitrogens is 1. The zero-order valence-corrected chi connectivity index (χ0v) is 13.0. The van der Waals surface area contributed by atoms with Crippen molar-refractivity contribution < 1.29 is 0 Å². The molecular formula is C16H16IN. The van der Waals surface area contributed by atoms with Gasteiger partial charge in [-0.25, -0.2) is 0 Å². The molecule has 1 nitrogen and oxygen atoms in total. The number of rotatable bonds is 0. The number of hydrogen-bond acceptors (Lipinski definition) is 0. The number of aromatic nitrogens is 1. The summed E-state index contributed by atoms with van der Waals surface area (Å²) in [6.45, 7) is 6.75. The van der Waals surface area contributed by atoms with Crippen LogP contribution in [-0.4, -0.2) is 4.98 Å². The van der Waals surface area contributed by atoms with Crippen molar-refractivity contribution in [3.63, 3.8) is 0 Å². The summed E-state index contributed by atoms with van der Waals surface area (Å²) in [7, 11) is 0. The van der Waals surface area contributed by atoms with Gasteiger partial charge in [0, 0.05) is 25.4 Å². The molecule has 0 aliphatic heterocycles. The Morgan fingerprint density at radius 1 is 0.889 bits per heavy atom. The van der Waals surface area contributed by atoms with E-state index in [9.17, 15) is 0 Å². The number of aromatic amines is 1. The van der Waals surface area contributed by atoms with Crippen molar-refractivity contribution in [1.29, 1.82) is 0 Å². The van der Waals surface area contributed by atoms with Gasteiger partial charge < -0.3 is 4.98 Å². The highest BCUT2D eigenvalue weighted by Gasteiger charge is 2.15. The summed E-state index contributed by atoms with van der Waals surface area (Å²) in [6, 6.07) is 13.3. The van der Waals surface area contributed by atoms with Crippen LogP contribution in [0.3, 0.4) is 0 Å². The van der Waals surface area contributed by atoms with Crippen LogP contribution in [0.1, 0.15) is 26.3 Å². The Bertz CT molecular complexity index is 732. The lowest BCUT2D eigenvalue weighted by Gasteiger charge is -2.18. The quantitative estimate of drug-likeness (QED) is 0.536. The van der Waals surface area contributed by atoms with Crippen LogP contribution in [0.25, 0.3) is 21.8 Å². The third kappa shape index (κ3) is 1.92. The van der Waals surface area contributed by atoms with E-state index in [4.69, 9.17) is 0 Å². The Morgan fingerprint density at radius 3 is 2.39 bits per heavy atom. The van der Waals surface area contributed by atoms with Crippen LogP contribution < -0.4 is 0 Å². The van der Waals surface area contributed by atoms with E-state index in [2.05, 4.69) is 84.7 Å². The van der Waals surface area contributed by atoms with Crippen molar-refractivity contribution in [3.8, 4) is 0 Å². The van der Waals surface area contributed by atoms with Gasteiger partial charge in [-0.3, -0.25) is 0 Å². The molecule has 0 fully saturated rings. The highest BCUT2D eigenvalue weighted by Crippen LogP contribution is 2.31. The fraction of sp³-hybridized carbons (Fsp3) is 0.250. The predicted octanol–water partition coefficient (Wildman–Crippen LogP) is 5.22. The smallest absolute Gasteiger partial charge is 0.0467 e. The molecule has 0 saturated heterocycles. The van der Waals surface area contributed by atoms with Crippen molar-refractivity contribution in [2.45, 2.75) is 26.2 Å². The third-order valence-electron chi connectivity index (χ3n) is 3.43. The Hall–Kier alpha value is -1.03. The van der Waals surface area contributed by atoms with E-state index in [0.29, 0.717) is 0 Å². The molecule has 92 valence electrons. The lowest BCUT2D eigenvalue weighted by Crippen LogP contribution is -2.10. The first-order valence-corrected chi connectivity index (χ1v) is 7.24. The summed E-state index contributed by atoms with van der Waals surface area (Å²) < 4.78 is 1.28. The standard InChI is InChI=1S/C16H16IN/c1-16(2,3)10-4-6-12-13-9-11(17)5-7-14(13)18-15(12)8-10/h4-9,18H,1-3H3. The van der Waals surface area contributed by atoms with Gasteiger partial charge in [0.15, 0.2) is 0 Å². The maximum absolute atomic E-state index is 3.51. The van der Waals surface area contributed by atoms with Gasteiger partial charge in [-0.15, -0.1) is 0 Å². The highest BCUT2D eigenvalue weighted by atomic mass is 127. The van der Waals surface area contributed by atoms with Gasteiger partial charge in [0.25, 0.3) is 0 Å². The Kier molecular flexibility index (Phi) is 2.66. The number of nitrogens with one attached hydrogen (secondary N) is 1. The summed E-state index contributed by atoms with van der Waals surface area (Å²) in [4.78, 5) is 3.51. The first-order valence-electron chi connectivity index (χ1n) is 6.17. The van der Waals surface area contributed by atoms with E-state index < -0.39 is 0 Å². The molecule has 0 amide bonds. The molecule has 2 heteroatoms. The van der Waals surface area contributed by atoms with Crippen molar-refractivity contribution in [3.05, 3.63) is 45.5 Å². The van der Waals surface area contributed by atoms with Crippen molar-refractivity contribution in [2.75, 3.05) is 0 Å². The fourth-order valence-electron chi connectivity index (χ4n) is 2.34. The fourth-order valence-corrected chi connectivity index (χ4v) is 2.83. The first-order chi connectivity index (χ1) is 8.45. The number of halogens is 1. The Balaban J connectivity index is 2.34. The molecule has 0 atom stereocenters. The van der Waals surface area contributed by atoms with E-state index in [1.807, 2.05) is 0 Å². The summed E-state index contributed by atoms with van der Waals surface area (Å²) >= 11 is 2.36. The summed E-state index contributed by atoms with van der Waals surface area (Å²) in [5.41, 5.74) is 4.02. The average Bonchev–Trinajstić information content (AvgIpc) is 2.65. The van der Waals surface area contributed by atoms with Crippen LogP contribution in [0.5, 0.6) is 0 Å². The summed E-state index contributed by atoms with van der Waals surface area (Å²) in [6.07, 6.45) is 0. The van der Waals surface area contributed by atoms with Gasteiger partial charge in [-0.1, -0.05) is 32.9 Å². The van der Waals surface area contributed by atoms with Gasteiger partial charge in [0.1, 0.15) is 0 Å². The first kappa shape index (κ1) is 12.0. The van der Waals surface area contributed by atoms with Crippen LogP contribution in [-0.2, 0) is 5.41 Å². The lowest BCUT2D eigenvalue weighted by molar-refractivity contribution is 0.591. The van der Waals surface area contributed by atoms with Gasteiger partial charge in [0.05, 0.1) is 0 Å². The second-order valence-corrected chi connectivity index (χ2v) is 7.07. The second kappa shape index (κ2) is 3.98. The van der Waals surface area contributed by atoms with E-state index in [-0.39, 0.29) is 5.41 Å². The van der Waals surface area contributed by atoms with Crippen LogP contribution in [0, 0.1) is 3.57 Å². The van der Waals surface area contributed by atoms with E-state index in [1.165, 1.54) is 30.9 Å². The maximum atomic E-state index is 3.51. The predicted molar refractivity (Wildman–Crippen MR) is 87.2 cm³/mol. The number of benzene rings is 2. The average molecular weight is 349 g/mol. The molecule has 1 aromatic heterocycles. The molecule has 0 bridgehead atoms. The molecule has 0 radical (unpaired) electrons. The number of hydrogen-bond donors (Lipinski definition) is 1. The summed E-state index contributed by atoms with van der Waals surface area (Å²) in [5.74, 6) is 0. The monoisotopic (exact) mass is 349 g/mol. The van der Waals surface area contributed by atoms with Crippen LogP contribution >= 0.6 is 22.6 Å². The van der Waals surface area contributed by atoms with E-state index >= 15 is 0 Å². The zero-order chi connectivity index (χ0) is 12.9. The molecule has 2 aromatic carbocycles. The topological polar surface area (TPSA) is 15.8 Å². The van der Waals surface area contributed by atoms with Crippen molar-refractivity contribution >= 4 is 44.4 Å². The molecule has 0 spiro atoms. The molecule has 1 N–H and O–H groups in total. The molecule has 0 saturated carbocycles. The van der Waals surface area contributed by atoms with Crippen molar-refractivity contribution in [2.24, 2.45) is 0 Å². The van der Waals surface area contributed by atoms with Gasteiger partial charge in [-0.2, -0.15) is 0 Å². The van der Waals surface area contributed by atoms with E-state index in [0.717, 1.165) is 0 Å². The minimum absolute atomic E-state index is 0.194. The molecule has 0 aliphatic rings. The van der Waals surface area contributed by atoms with Crippen LogP contribution in [0.2, 0.25) is 0 Å². The lowest BCUT2D eigenvalue weighted by atomic mass is 9.86. The van der Waals surface area contributed by atoms with Crippen molar-refractivity contribution in [1.82, 2.24) is 4.98 Å². The zero-order valence-electron chi connectivity index (χ0n) is 10.8. The SMILES string of the molecule is CC(C)(C)c1ccc2c(c1)[nH]c1ccc(I)cc12. The van der Waals surface area contributed by atoms with E-state index in [1.54, 1.807) is 0 Å². The molecular weight excluding hydrogens is 333 g/mol. The highest BCUT2D eigenvalue weighted by molar-refractivity contribution is 14.1. The molecule has 3 aromatic rings. The van der Waals surface area contributed by atoms with Crippen LogP contribution in [0.4, 0.5) is 0 Å².